The van der Waals surface area contributed by atoms with Gasteiger partial charge in [-0.15, -0.1) is 23.2 Å². The lowest BCUT2D eigenvalue weighted by Gasteiger charge is -2.12. The SMILES string of the molecule is O=C(OC(CCl)CCl)c1ccc2ccccc2c1. The Hall–Kier alpha value is -1.25. The molecule has 0 fully saturated rings. The van der Waals surface area contributed by atoms with Gasteiger partial charge in [0.05, 0.1) is 17.3 Å². The molecule has 0 amide bonds. The maximum Gasteiger partial charge on any atom is 0.338 e. The number of carbonyl (C=O) groups is 1. The highest BCUT2D eigenvalue weighted by Crippen LogP contribution is 2.17. The minimum atomic E-state index is -0.452. The average Bonchev–Trinajstić information content (AvgIpc) is 2.44. The Morgan fingerprint density at radius 1 is 1.06 bits per heavy atom. The fourth-order valence-electron chi connectivity index (χ4n) is 1.64. The van der Waals surface area contributed by atoms with Gasteiger partial charge < -0.3 is 4.74 Å². The van der Waals surface area contributed by atoms with Crippen LogP contribution in [0.3, 0.4) is 0 Å². The van der Waals surface area contributed by atoms with Crippen molar-refractivity contribution in [2.45, 2.75) is 6.10 Å². The molecule has 94 valence electrons. The van der Waals surface area contributed by atoms with Gasteiger partial charge in [0, 0.05) is 0 Å². The van der Waals surface area contributed by atoms with Crippen LogP contribution in [-0.4, -0.2) is 23.8 Å². The summed E-state index contributed by atoms with van der Waals surface area (Å²) in [7, 11) is 0. The molecule has 2 nitrogen and oxygen atoms in total. The summed E-state index contributed by atoms with van der Waals surface area (Å²) in [6, 6.07) is 13.3. The molecule has 0 aliphatic heterocycles. The molecular formula is C14H12Cl2O2. The van der Waals surface area contributed by atoms with Crippen molar-refractivity contribution in [1.82, 2.24) is 0 Å². The Morgan fingerprint density at radius 2 is 1.72 bits per heavy atom. The number of fused-ring (bicyclic) bond motifs is 1. The second-order valence-electron chi connectivity index (χ2n) is 3.90. The number of carbonyl (C=O) groups excluding carboxylic acids is 1. The molecule has 0 aliphatic rings. The number of alkyl halides is 2. The first-order valence-electron chi connectivity index (χ1n) is 5.56. The monoisotopic (exact) mass is 282 g/mol. The van der Waals surface area contributed by atoms with Crippen molar-refractivity contribution in [3.63, 3.8) is 0 Å². The molecule has 0 atom stereocenters. The number of halogens is 2. The van der Waals surface area contributed by atoms with E-state index >= 15 is 0 Å². The van der Waals surface area contributed by atoms with Crippen LogP contribution in [0.4, 0.5) is 0 Å². The standard InChI is InChI=1S/C14H12Cl2O2/c15-8-13(9-16)18-14(17)12-6-5-10-3-1-2-4-11(10)7-12/h1-7,13H,8-9H2. The summed E-state index contributed by atoms with van der Waals surface area (Å²) in [6.45, 7) is 0. The number of benzene rings is 2. The van der Waals surface area contributed by atoms with Gasteiger partial charge in [0.1, 0.15) is 6.10 Å². The number of rotatable bonds is 4. The van der Waals surface area contributed by atoms with Crippen molar-refractivity contribution >= 4 is 39.9 Å². The summed E-state index contributed by atoms with van der Waals surface area (Å²) >= 11 is 11.3. The zero-order valence-electron chi connectivity index (χ0n) is 9.61. The maximum absolute atomic E-state index is 11.9. The minimum absolute atomic E-state index is 0.197. The first-order valence-corrected chi connectivity index (χ1v) is 6.63. The molecule has 0 saturated carbocycles. The van der Waals surface area contributed by atoms with Crippen LogP contribution >= 0.6 is 23.2 Å². The van der Waals surface area contributed by atoms with Crippen LogP contribution in [0, 0.1) is 0 Å². The van der Waals surface area contributed by atoms with Crippen LogP contribution in [-0.2, 0) is 4.74 Å². The van der Waals surface area contributed by atoms with Crippen LogP contribution < -0.4 is 0 Å². The molecule has 18 heavy (non-hydrogen) atoms. The van der Waals surface area contributed by atoms with Crippen LogP contribution in [0.25, 0.3) is 10.8 Å². The molecule has 0 aromatic heterocycles. The van der Waals surface area contributed by atoms with Crippen LogP contribution in [0.5, 0.6) is 0 Å². The maximum atomic E-state index is 11.9. The molecule has 0 radical (unpaired) electrons. The predicted octanol–water partition coefficient (Wildman–Crippen LogP) is 3.84. The van der Waals surface area contributed by atoms with Crippen LogP contribution in [0.1, 0.15) is 10.4 Å². The van der Waals surface area contributed by atoms with Crippen molar-refractivity contribution in [3.05, 3.63) is 48.0 Å². The molecule has 0 aliphatic carbocycles. The third-order valence-corrected chi connectivity index (χ3v) is 3.29. The quantitative estimate of drug-likeness (QED) is 0.629. The molecular weight excluding hydrogens is 271 g/mol. The highest BCUT2D eigenvalue weighted by molar-refractivity contribution is 6.21. The first-order chi connectivity index (χ1) is 8.74. The summed E-state index contributed by atoms with van der Waals surface area (Å²) in [6.07, 6.45) is -0.452. The van der Waals surface area contributed by atoms with E-state index in [1.165, 1.54) is 0 Å². The molecule has 0 spiro atoms. The fraction of sp³-hybridized carbons (Fsp3) is 0.214. The van der Waals surface area contributed by atoms with E-state index < -0.39 is 12.1 Å². The van der Waals surface area contributed by atoms with E-state index in [1.807, 2.05) is 30.3 Å². The topological polar surface area (TPSA) is 26.3 Å². The second-order valence-corrected chi connectivity index (χ2v) is 4.52. The first kappa shape index (κ1) is 13.2. The average molecular weight is 283 g/mol. The zero-order chi connectivity index (χ0) is 13.0. The molecule has 0 bridgehead atoms. The lowest BCUT2D eigenvalue weighted by atomic mass is 10.1. The lowest BCUT2D eigenvalue weighted by molar-refractivity contribution is 0.0389. The van der Waals surface area contributed by atoms with E-state index in [9.17, 15) is 4.79 Å². The number of ether oxygens (including phenoxy) is 1. The Labute approximate surface area is 115 Å². The largest absolute Gasteiger partial charge is 0.456 e. The Morgan fingerprint density at radius 3 is 2.39 bits per heavy atom. The van der Waals surface area contributed by atoms with Gasteiger partial charge in [-0.1, -0.05) is 30.3 Å². The van der Waals surface area contributed by atoms with Gasteiger partial charge in [-0.05, 0) is 22.9 Å². The number of hydrogen-bond donors (Lipinski definition) is 0. The summed E-state index contributed by atoms with van der Waals surface area (Å²) in [5.74, 6) is -0.00176. The van der Waals surface area contributed by atoms with Gasteiger partial charge >= 0.3 is 5.97 Å². The Kier molecular flexibility index (Phi) is 4.45. The van der Waals surface area contributed by atoms with Gasteiger partial charge in [-0.2, -0.15) is 0 Å². The molecule has 0 saturated heterocycles. The fourth-order valence-corrected chi connectivity index (χ4v) is 2.10. The van der Waals surface area contributed by atoms with Gasteiger partial charge in [0.15, 0.2) is 0 Å². The van der Waals surface area contributed by atoms with E-state index in [4.69, 9.17) is 27.9 Å². The summed E-state index contributed by atoms with van der Waals surface area (Å²) < 4.78 is 5.18. The van der Waals surface area contributed by atoms with E-state index in [2.05, 4.69) is 0 Å². The van der Waals surface area contributed by atoms with Crippen LogP contribution in [0.2, 0.25) is 0 Å². The Bertz CT molecular complexity index is 550. The van der Waals surface area contributed by atoms with Gasteiger partial charge in [-0.25, -0.2) is 4.79 Å². The third kappa shape index (κ3) is 2.95. The molecule has 0 N–H and O–H groups in total. The van der Waals surface area contributed by atoms with Crippen LogP contribution in [0.15, 0.2) is 42.5 Å². The van der Waals surface area contributed by atoms with E-state index in [-0.39, 0.29) is 11.8 Å². The van der Waals surface area contributed by atoms with Crippen molar-refractivity contribution in [2.24, 2.45) is 0 Å². The molecule has 2 rings (SSSR count). The van der Waals surface area contributed by atoms with E-state index in [0.717, 1.165) is 10.8 Å². The van der Waals surface area contributed by atoms with E-state index in [1.54, 1.807) is 12.1 Å². The minimum Gasteiger partial charge on any atom is -0.456 e. The van der Waals surface area contributed by atoms with Crippen molar-refractivity contribution in [1.29, 1.82) is 0 Å². The van der Waals surface area contributed by atoms with Crippen molar-refractivity contribution in [3.8, 4) is 0 Å². The van der Waals surface area contributed by atoms with Gasteiger partial charge in [-0.3, -0.25) is 0 Å². The third-order valence-electron chi connectivity index (χ3n) is 2.60. The smallest absolute Gasteiger partial charge is 0.338 e. The molecule has 4 heteroatoms. The molecule has 2 aromatic carbocycles. The highest BCUT2D eigenvalue weighted by atomic mass is 35.5. The zero-order valence-corrected chi connectivity index (χ0v) is 11.1. The van der Waals surface area contributed by atoms with Crippen molar-refractivity contribution < 1.29 is 9.53 Å². The molecule has 0 heterocycles. The molecule has 2 aromatic rings. The number of esters is 1. The molecule has 0 unspecified atom stereocenters. The van der Waals surface area contributed by atoms with Crippen molar-refractivity contribution in [2.75, 3.05) is 11.8 Å². The summed E-state index contributed by atoms with van der Waals surface area (Å²) in [4.78, 5) is 11.9. The van der Waals surface area contributed by atoms with Gasteiger partial charge in [0.2, 0.25) is 0 Å². The normalized spacial score (nSPS) is 10.8. The highest BCUT2D eigenvalue weighted by Gasteiger charge is 2.14. The van der Waals surface area contributed by atoms with Gasteiger partial charge in [0.25, 0.3) is 0 Å². The second kappa shape index (κ2) is 6.07. The summed E-state index contributed by atoms with van der Waals surface area (Å²) in [5.41, 5.74) is 0.508. The number of hydrogen-bond acceptors (Lipinski definition) is 2. The summed E-state index contributed by atoms with van der Waals surface area (Å²) in [5, 5.41) is 2.08. The van der Waals surface area contributed by atoms with E-state index in [0.29, 0.717) is 5.56 Å². The lowest BCUT2D eigenvalue weighted by Crippen LogP contribution is -2.21. The Balaban J connectivity index is 2.22. The predicted molar refractivity (Wildman–Crippen MR) is 74.6 cm³/mol.